The average Bonchev–Trinajstić information content (AvgIpc) is 2.95. The fourth-order valence-electron chi connectivity index (χ4n) is 2.88. The summed E-state index contributed by atoms with van der Waals surface area (Å²) in [5, 5.41) is 2.69. The van der Waals surface area contributed by atoms with Gasteiger partial charge in [-0.1, -0.05) is 24.3 Å². The molecule has 29 heavy (non-hydrogen) atoms. The van der Waals surface area contributed by atoms with Crippen molar-refractivity contribution in [3.05, 3.63) is 59.9 Å². The first-order valence-electron chi connectivity index (χ1n) is 8.63. The van der Waals surface area contributed by atoms with Crippen molar-refractivity contribution in [3.8, 4) is 5.75 Å². The summed E-state index contributed by atoms with van der Waals surface area (Å²) in [6, 6.07) is 13.1. The van der Waals surface area contributed by atoms with Gasteiger partial charge in [-0.15, -0.1) is 0 Å². The smallest absolute Gasteiger partial charge is 0.387 e. The van der Waals surface area contributed by atoms with Crippen LogP contribution < -0.4 is 10.1 Å². The highest BCUT2D eigenvalue weighted by atomic mass is 32.2. The van der Waals surface area contributed by atoms with Crippen LogP contribution in [0.3, 0.4) is 0 Å². The van der Waals surface area contributed by atoms with Gasteiger partial charge in [0.05, 0.1) is 11.0 Å². The molecule has 0 bridgehead atoms. The number of carbonyl (C=O) groups is 1. The summed E-state index contributed by atoms with van der Waals surface area (Å²) in [6.45, 7) is -2.95. The Morgan fingerprint density at radius 1 is 1.21 bits per heavy atom. The first-order valence-corrected chi connectivity index (χ1v) is 10.7. The highest BCUT2D eigenvalue weighted by Crippen LogP contribution is 2.18. The number of fused-ring (bicyclic) bond motifs is 1. The van der Waals surface area contributed by atoms with Gasteiger partial charge in [-0.05, 0) is 29.8 Å². The van der Waals surface area contributed by atoms with Gasteiger partial charge in [0.25, 0.3) is 0 Å². The number of ether oxygens (including phenoxy) is 1. The Balaban J connectivity index is 1.74. The zero-order chi connectivity index (χ0) is 21.0. The number of nitrogens with one attached hydrogen (secondary N) is 1. The molecule has 0 aliphatic rings. The number of benzene rings is 2. The number of hydrogen-bond donors (Lipinski definition) is 1. The van der Waals surface area contributed by atoms with Gasteiger partial charge in [0, 0.05) is 12.8 Å². The van der Waals surface area contributed by atoms with Crippen molar-refractivity contribution in [2.75, 3.05) is 6.26 Å². The Hall–Kier alpha value is -3.01. The molecule has 3 aromatic rings. The molecule has 0 atom stereocenters. The zero-order valence-corrected chi connectivity index (χ0v) is 16.3. The van der Waals surface area contributed by atoms with E-state index in [4.69, 9.17) is 0 Å². The number of amides is 1. The van der Waals surface area contributed by atoms with Crippen LogP contribution in [0.1, 0.15) is 11.4 Å². The van der Waals surface area contributed by atoms with E-state index in [-0.39, 0.29) is 36.3 Å². The minimum atomic E-state index is -3.34. The Bertz CT molecular complexity index is 1130. The van der Waals surface area contributed by atoms with E-state index in [9.17, 15) is 22.0 Å². The van der Waals surface area contributed by atoms with Gasteiger partial charge in [0.15, 0.2) is 9.84 Å². The molecule has 0 fully saturated rings. The van der Waals surface area contributed by atoms with E-state index in [1.165, 1.54) is 12.1 Å². The van der Waals surface area contributed by atoms with Gasteiger partial charge in [-0.3, -0.25) is 4.79 Å². The van der Waals surface area contributed by atoms with E-state index >= 15 is 0 Å². The van der Waals surface area contributed by atoms with E-state index in [0.717, 1.165) is 6.26 Å². The minimum Gasteiger partial charge on any atom is -0.435 e. The Morgan fingerprint density at radius 2 is 1.97 bits per heavy atom. The number of sulfone groups is 1. The molecule has 1 heterocycles. The van der Waals surface area contributed by atoms with Crippen molar-refractivity contribution in [1.82, 2.24) is 14.9 Å². The summed E-state index contributed by atoms with van der Waals surface area (Å²) in [5.41, 5.74) is 1.83. The molecule has 1 N–H and O–H groups in total. The number of imidazole rings is 1. The van der Waals surface area contributed by atoms with Crippen LogP contribution in [0, 0.1) is 0 Å². The Morgan fingerprint density at radius 3 is 2.69 bits per heavy atom. The van der Waals surface area contributed by atoms with Gasteiger partial charge < -0.3 is 14.6 Å². The quantitative estimate of drug-likeness (QED) is 0.601. The van der Waals surface area contributed by atoms with Crippen LogP contribution in [0.15, 0.2) is 48.5 Å². The molecule has 1 amide bonds. The largest absolute Gasteiger partial charge is 0.435 e. The first kappa shape index (κ1) is 20.7. The Kier molecular flexibility index (Phi) is 6.12. The third-order valence-electron chi connectivity index (χ3n) is 4.04. The fraction of sp³-hybridized carbons (Fsp3) is 0.263. The van der Waals surface area contributed by atoms with E-state index in [2.05, 4.69) is 15.0 Å². The molecule has 0 aliphatic carbocycles. The third kappa shape index (κ3) is 5.74. The maximum absolute atomic E-state index is 12.4. The SMILES string of the molecule is CS(=O)(=O)Cc1nc2ccccc2n1CC(=O)NCc1cccc(OC(F)F)c1. The average molecular weight is 423 g/mol. The van der Waals surface area contributed by atoms with Crippen LogP contribution in [0.4, 0.5) is 8.78 Å². The van der Waals surface area contributed by atoms with Crippen LogP contribution in [-0.4, -0.2) is 36.7 Å². The van der Waals surface area contributed by atoms with Crippen molar-refractivity contribution < 1.29 is 26.7 Å². The van der Waals surface area contributed by atoms with Gasteiger partial charge in [0.1, 0.15) is 23.9 Å². The number of carbonyl (C=O) groups excluding carboxylic acids is 1. The normalized spacial score (nSPS) is 11.7. The Labute approximate surface area is 166 Å². The fourth-order valence-corrected chi connectivity index (χ4v) is 3.57. The van der Waals surface area contributed by atoms with Crippen molar-refractivity contribution in [1.29, 1.82) is 0 Å². The molecule has 1 aromatic heterocycles. The second kappa shape index (κ2) is 8.56. The van der Waals surface area contributed by atoms with Crippen molar-refractivity contribution in [2.24, 2.45) is 0 Å². The third-order valence-corrected chi connectivity index (χ3v) is 4.82. The van der Waals surface area contributed by atoms with E-state index in [1.54, 1.807) is 41.0 Å². The molecule has 3 rings (SSSR count). The molecule has 0 radical (unpaired) electrons. The lowest BCUT2D eigenvalue weighted by Gasteiger charge is -2.11. The van der Waals surface area contributed by atoms with E-state index < -0.39 is 16.4 Å². The summed E-state index contributed by atoms with van der Waals surface area (Å²) in [7, 11) is -3.34. The molecule has 154 valence electrons. The molecule has 10 heteroatoms. The molecule has 0 saturated carbocycles. The lowest BCUT2D eigenvalue weighted by molar-refractivity contribution is -0.121. The molecule has 0 aliphatic heterocycles. The van der Waals surface area contributed by atoms with Crippen molar-refractivity contribution >= 4 is 26.8 Å². The maximum Gasteiger partial charge on any atom is 0.387 e. The molecule has 7 nitrogen and oxygen atoms in total. The molecule has 2 aromatic carbocycles. The van der Waals surface area contributed by atoms with Crippen molar-refractivity contribution in [3.63, 3.8) is 0 Å². The van der Waals surface area contributed by atoms with Crippen LogP contribution in [-0.2, 0) is 33.5 Å². The van der Waals surface area contributed by atoms with Gasteiger partial charge >= 0.3 is 6.61 Å². The monoisotopic (exact) mass is 423 g/mol. The topological polar surface area (TPSA) is 90.3 Å². The maximum atomic E-state index is 12.4. The van der Waals surface area contributed by atoms with Crippen molar-refractivity contribution in [2.45, 2.75) is 25.5 Å². The number of para-hydroxylation sites is 2. The summed E-state index contributed by atoms with van der Waals surface area (Å²) >= 11 is 0. The van der Waals surface area contributed by atoms with Crippen LogP contribution in [0.5, 0.6) is 5.75 Å². The highest BCUT2D eigenvalue weighted by molar-refractivity contribution is 7.89. The summed E-state index contributed by atoms with van der Waals surface area (Å²) in [5.74, 6) is -0.385. The molecule has 0 unspecified atom stereocenters. The predicted molar refractivity (Wildman–Crippen MR) is 103 cm³/mol. The lowest BCUT2D eigenvalue weighted by Crippen LogP contribution is -2.28. The summed E-state index contributed by atoms with van der Waals surface area (Å²) < 4.78 is 54.0. The highest BCUT2D eigenvalue weighted by Gasteiger charge is 2.17. The number of hydrogen-bond acceptors (Lipinski definition) is 5. The molecule has 0 spiro atoms. The first-order chi connectivity index (χ1) is 13.7. The molecular formula is C19H19F2N3O4S. The molecular weight excluding hydrogens is 404 g/mol. The van der Waals surface area contributed by atoms with Gasteiger partial charge in [0.2, 0.25) is 5.91 Å². The standard InChI is InChI=1S/C19H19F2N3O4S/c1-29(26,27)12-17-23-15-7-2-3-8-16(15)24(17)11-18(25)22-10-13-5-4-6-14(9-13)28-19(20)21/h2-9,19H,10-12H2,1H3,(H,22,25). The second-order valence-electron chi connectivity index (χ2n) is 6.48. The number of halogens is 2. The predicted octanol–water partition coefficient (Wildman–Crippen LogP) is 2.50. The van der Waals surface area contributed by atoms with E-state index in [1.807, 2.05) is 0 Å². The van der Waals surface area contributed by atoms with Gasteiger partial charge in [-0.25, -0.2) is 13.4 Å². The minimum absolute atomic E-state index is 0.00258. The lowest BCUT2D eigenvalue weighted by atomic mass is 10.2. The zero-order valence-electron chi connectivity index (χ0n) is 15.5. The van der Waals surface area contributed by atoms with Crippen LogP contribution in [0.25, 0.3) is 11.0 Å². The second-order valence-corrected chi connectivity index (χ2v) is 8.62. The summed E-state index contributed by atoms with van der Waals surface area (Å²) in [6.07, 6.45) is 1.10. The van der Waals surface area contributed by atoms with Crippen LogP contribution in [0.2, 0.25) is 0 Å². The number of rotatable bonds is 8. The number of alkyl halides is 2. The van der Waals surface area contributed by atoms with Crippen LogP contribution >= 0.6 is 0 Å². The number of aromatic nitrogens is 2. The summed E-state index contributed by atoms with van der Waals surface area (Å²) in [4.78, 5) is 16.8. The van der Waals surface area contributed by atoms with E-state index in [0.29, 0.717) is 16.6 Å². The molecule has 0 saturated heterocycles. The van der Waals surface area contributed by atoms with Gasteiger partial charge in [-0.2, -0.15) is 8.78 Å². The number of nitrogens with zero attached hydrogens (tertiary/aromatic N) is 2.